The molecule has 0 aliphatic carbocycles. The van der Waals surface area contributed by atoms with E-state index in [9.17, 15) is 4.79 Å². The van der Waals surface area contributed by atoms with Crippen molar-refractivity contribution < 1.29 is 9.53 Å². The van der Waals surface area contributed by atoms with Crippen molar-refractivity contribution in [2.45, 2.75) is 9.38 Å². The first-order valence-electron chi connectivity index (χ1n) is 3.06. The van der Waals surface area contributed by atoms with Crippen LogP contribution in [0.1, 0.15) is 0 Å². The number of rotatable bonds is 0. The van der Waals surface area contributed by atoms with Gasteiger partial charge in [-0.25, -0.2) is 0 Å². The molecule has 1 fully saturated rings. The van der Waals surface area contributed by atoms with Gasteiger partial charge in [-0.05, 0) is 0 Å². The van der Waals surface area contributed by atoms with Crippen LogP contribution in [0.4, 0.5) is 0 Å². The number of carbonyl (C=O) groups excluding carboxylic acids is 1. The molecule has 2 nitrogen and oxygen atoms in total. The molecule has 0 saturated carbocycles. The zero-order valence-corrected chi connectivity index (χ0v) is 9.54. The second-order valence-corrected chi connectivity index (χ2v) is 17.3. The zero-order chi connectivity index (χ0) is 6.69. The summed E-state index contributed by atoms with van der Waals surface area (Å²) in [6, 6.07) is 0. The van der Waals surface area contributed by atoms with Crippen LogP contribution in [-0.4, -0.2) is 36.7 Å². The molecule has 1 unspecified atom stereocenters. The summed E-state index contributed by atoms with van der Waals surface area (Å²) in [4.78, 5) is 12.9. The van der Waals surface area contributed by atoms with Crippen molar-refractivity contribution >= 4 is 33.3 Å². The number of hydrogen-bond acceptors (Lipinski definition) is 3. The normalized spacial score (nSPS) is 29.0. The van der Waals surface area contributed by atoms with Gasteiger partial charge in [0.05, 0.1) is 0 Å². The molecule has 0 N–H and O–H groups in total. The van der Waals surface area contributed by atoms with E-state index in [1.807, 2.05) is 8.95 Å². The van der Waals surface area contributed by atoms with E-state index in [2.05, 4.69) is 4.94 Å². The van der Waals surface area contributed by atoms with Crippen LogP contribution < -0.4 is 0 Å². The van der Waals surface area contributed by atoms with Crippen molar-refractivity contribution in [3.8, 4) is 0 Å². The molecular formula is C5H10O2SSn. The van der Waals surface area contributed by atoms with Gasteiger partial charge >= 0.3 is 64.6 Å². The number of carbonyl (C=O) groups is 1. The van der Waals surface area contributed by atoms with Gasteiger partial charge in [-0.15, -0.1) is 0 Å². The molecule has 0 spiro atoms. The zero-order valence-electron chi connectivity index (χ0n) is 5.42. The predicted octanol–water partition coefficient (Wildman–Crippen LogP) is 0.630. The van der Waals surface area contributed by atoms with Gasteiger partial charge in [-0.1, -0.05) is 0 Å². The molecule has 4 heteroatoms. The van der Waals surface area contributed by atoms with Crippen LogP contribution >= 0.6 is 8.95 Å². The van der Waals surface area contributed by atoms with Crippen LogP contribution in [0.15, 0.2) is 0 Å². The summed E-state index contributed by atoms with van der Waals surface area (Å²) in [7, 11) is 1.88. The molecule has 1 rings (SSSR count). The molecule has 0 amide bonds. The monoisotopic (exact) mass is 254 g/mol. The molecule has 1 saturated heterocycles. The summed E-state index contributed by atoms with van der Waals surface area (Å²) >= 11 is -1.22. The molecule has 0 radical (unpaired) electrons. The fraction of sp³-hybridized carbons (Fsp3) is 0.800. The van der Waals surface area contributed by atoms with Crippen molar-refractivity contribution in [1.82, 2.24) is 0 Å². The fourth-order valence-corrected chi connectivity index (χ4v) is 8.30. The summed E-state index contributed by atoms with van der Waals surface area (Å²) < 4.78 is 6.07. The Balaban J connectivity index is 2.34. The fourth-order valence-electron chi connectivity index (χ4n) is 0.674. The third-order valence-corrected chi connectivity index (χ3v) is 13.1. The molecule has 0 aromatic carbocycles. The minimum atomic E-state index is -1.22. The van der Waals surface area contributed by atoms with E-state index in [1.165, 1.54) is 4.44 Å². The first-order valence-corrected chi connectivity index (χ1v) is 13.8. The Labute approximate surface area is 64.5 Å². The molecule has 1 heterocycles. The molecule has 52 valence electrons. The molecule has 0 bridgehead atoms. The van der Waals surface area contributed by atoms with Crippen molar-refractivity contribution in [1.29, 1.82) is 0 Å². The second kappa shape index (κ2) is 3.71. The number of cyclic esters (lactones) is 1. The van der Waals surface area contributed by atoms with Crippen LogP contribution in [0.5, 0.6) is 0 Å². The average Bonchev–Trinajstić information content (AvgIpc) is 1.97. The summed E-state index contributed by atoms with van der Waals surface area (Å²) in [6.07, 6.45) is 0. The topological polar surface area (TPSA) is 26.3 Å². The maximum absolute atomic E-state index is 10.6. The van der Waals surface area contributed by atoms with E-state index in [4.69, 9.17) is 4.74 Å². The van der Waals surface area contributed by atoms with Gasteiger partial charge in [0, 0.05) is 0 Å². The van der Waals surface area contributed by atoms with Gasteiger partial charge < -0.3 is 0 Å². The van der Waals surface area contributed by atoms with E-state index < -0.39 is 18.4 Å². The van der Waals surface area contributed by atoms with Gasteiger partial charge in [0.25, 0.3) is 0 Å². The Bertz CT molecular complexity index is 118. The van der Waals surface area contributed by atoms with Crippen molar-refractivity contribution in [3.05, 3.63) is 0 Å². The molecule has 0 aromatic heterocycles. The maximum atomic E-state index is 10.6. The molecule has 1 aliphatic rings. The quantitative estimate of drug-likeness (QED) is 0.467. The van der Waals surface area contributed by atoms with Crippen molar-refractivity contribution in [2.24, 2.45) is 0 Å². The minimum absolute atomic E-state index is 0.0129. The summed E-state index contributed by atoms with van der Waals surface area (Å²) in [5.41, 5.74) is 0. The Morgan fingerprint density at radius 1 is 1.78 bits per heavy atom. The summed E-state index contributed by atoms with van der Waals surface area (Å²) in [5, 5.41) is 0. The van der Waals surface area contributed by atoms with E-state index >= 15 is 0 Å². The average molecular weight is 253 g/mol. The molecular weight excluding hydrogens is 243 g/mol. The third-order valence-electron chi connectivity index (χ3n) is 1.27. The van der Waals surface area contributed by atoms with E-state index in [1.54, 1.807) is 0 Å². The summed E-state index contributed by atoms with van der Waals surface area (Å²) in [5.74, 6) is 0.609. The third kappa shape index (κ3) is 2.80. The first kappa shape index (κ1) is 7.72. The Hall–Kier alpha value is 0.619. The van der Waals surface area contributed by atoms with Crippen LogP contribution in [-0.2, 0) is 9.53 Å². The van der Waals surface area contributed by atoms with Gasteiger partial charge in [-0.2, -0.15) is 0 Å². The van der Waals surface area contributed by atoms with Crippen molar-refractivity contribution in [3.63, 3.8) is 0 Å². The van der Waals surface area contributed by atoms with Crippen LogP contribution in [0, 0.1) is 0 Å². The van der Waals surface area contributed by atoms with Crippen LogP contribution in [0.2, 0.25) is 9.38 Å². The van der Waals surface area contributed by atoms with E-state index in [-0.39, 0.29) is 5.97 Å². The second-order valence-electron chi connectivity index (χ2n) is 2.13. The van der Waals surface area contributed by atoms with Gasteiger partial charge in [0.1, 0.15) is 0 Å². The number of ether oxygens (including phenoxy) is 1. The van der Waals surface area contributed by atoms with Crippen molar-refractivity contribution in [2.75, 3.05) is 12.4 Å². The van der Waals surface area contributed by atoms with E-state index in [0.717, 1.165) is 0 Å². The predicted molar refractivity (Wildman–Crippen MR) is 41.2 cm³/mol. The number of hydrogen-bond donors (Lipinski definition) is 0. The molecule has 9 heavy (non-hydrogen) atoms. The number of esters is 1. The van der Waals surface area contributed by atoms with Gasteiger partial charge in [-0.3, -0.25) is 0 Å². The standard InChI is InChI=1S/C4H7O2S.CH3.Sn.H/c1-2-6-4(5)3-7;;;/h7H,1-3H2;1H3;;/q;;+1;/p-1. The molecule has 1 aliphatic heterocycles. The van der Waals surface area contributed by atoms with Gasteiger partial charge in [0.2, 0.25) is 0 Å². The first-order chi connectivity index (χ1) is 4.29. The molecule has 0 aromatic rings. The Morgan fingerprint density at radius 2 is 2.56 bits per heavy atom. The Kier molecular flexibility index (Phi) is 3.18. The Morgan fingerprint density at radius 3 is 3.33 bits per heavy atom. The summed E-state index contributed by atoms with van der Waals surface area (Å²) in [6.45, 7) is 0.697. The van der Waals surface area contributed by atoms with Crippen LogP contribution in [0.3, 0.4) is 0 Å². The van der Waals surface area contributed by atoms with E-state index in [0.29, 0.717) is 12.4 Å². The molecule has 1 atom stereocenters. The SMILES string of the molecule is [CH3][SnH]1[CH2]COC(=O)C[S]1. The van der Waals surface area contributed by atoms with Gasteiger partial charge in [0.15, 0.2) is 0 Å². The van der Waals surface area contributed by atoms with Crippen LogP contribution in [0.25, 0.3) is 0 Å².